The van der Waals surface area contributed by atoms with Gasteiger partial charge in [0.2, 0.25) is 0 Å². The zero-order valence-electron chi connectivity index (χ0n) is 11.0. The molecule has 1 aromatic rings. The Morgan fingerprint density at radius 1 is 1.32 bits per heavy atom. The van der Waals surface area contributed by atoms with Gasteiger partial charge in [-0.15, -0.1) is 0 Å². The van der Waals surface area contributed by atoms with Crippen LogP contribution in [0.3, 0.4) is 0 Å². The third-order valence-corrected chi connectivity index (χ3v) is 3.92. The van der Waals surface area contributed by atoms with Crippen LogP contribution in [0.25, 0.3) is 0 Å². The van der Waals surface area contributed by atoms with Crippen molar-refractivity contribution in [1.82, 2.24) is 0 Å². The summed E-state index contributed by atoms with van der Waals surface area (Å²) in [5.74, 6) is 0. The SMILES string of the molecule is N#Cc1cc(Br)ccc1NCCOC1CCCCC1. The Bertz CT molecular complexity index is 450. The fourth-order valence-electron chi connectivity index (χ4n) is 2.41. The largest absolute Gasteiger partial charge is 0.382 e. The molecule has 19 heavy (non-hydrogen) atoms. The molecule has 102 valence electrons. The molecule has 1 saturated carbocycles. The van der Waals surface area contributed by atoms with Crippen LogP contribution in [0.2, 0.25) is 0 Å². The minimum Gasteiger partial charge on any atom is -0.382 e. The number of benzene rings is 1. The number of nitrogens with one attached hydrogen (secondary N) is 1. The van der Waals surface area contributed by atoms with E-state index in [0.717, 1.165) is 16.7 Å². The van der Waals surface area contributed by atoms with E-state index in [1.165, 1.54) is 32.1 Å². The predicted octanol–water partition coefficient (Wildman–Crippen LogP) is 4.08. The van der Waals surface area contributed by atoms with Gasteiger partial charge in [-0.3, -0.25) is 0 Å². The molecule has 1 aromatic carbocycles. The third kappa shape index (κ3) is 4.52. The maximum atomic E-state index is 9.06. The van der Waals surface area contributed by atoms with Gasteiger partial charge in [-0.2, -0.15) is 5.26 Å². The van der Waals surface area contributed by atoms with E-state index >= 15 is 0 Å². The molecule has 0 aliphatic heterocycles. The number of hydrogen-bond acceptors (Lipinski definition) is 3. The molecule has 0 atom stereocenters. The molecule has 1 fully saturated rings. The Morgan fingerprint density at radius 3 is 2.84 bits per heavy atom. The van der Waals surface area contributed by atoms with E-state index in [-0.39, 0.29) is 0 Å². The first-order valence-electron chi connectivity index (χ1n) is 6.85. The summed E-state index contributed by atoms with van der Waals surface area (Å²) < 4.78 is 6.77. The van der Waals surface area contributed by atoms with Crippen LogP contribution in [0.5, 0.6) is 0 Å². The zero-order valence-corrected chi connectivity index (χ0v) is 12.6. The number of hydrogen-bond donors (Lipinski definition) is 1. The predicted molar refractivity (Wildman–Crippen MR) is 80.2 cm³/mol. The minimum atomic E-state index is 0.441. The van der Waals surface area contributed by atoms with Crippen molar-refractivity contribution in [3.05, 3.63) is 28.2 Å². The van der Waals surface area contributed by atoms with Crippen LogP contribution >= 0.6 is 15.9 Å². The second-order valence-corrected chi connectivity index (χ2v) is 5.77. The van der Waals surface area contributed by atoms with Crippen molar-refractivity contribution >= 4 is 21.6 Å². The van der Waals surface area contributed by atoms with Crippen LogP contribution in [0, 0.1) is 11.3 Å². The molecule has 0 heterocycles. The molecule has 3 nitrogen and oxygen atoms in total. The average molecular weight is 323 g/mol. The van der Waals surface area contributed by atoms with Crippen molar-refractivity contribution in [3.63, 3.8) is 0 Å². The van der Waals surface area contributed by atoms with Crippen molar-refractivity contribution < 1.29 is 4.74 Å². The molecule has 0 radical (unpaired) electrons. The number of rotatable bonds is 5. The Balaban J connectivity index is 1.75. The highest BCUT2D eigenvalue weighted by Crippen LogP contribution is 2.21. The molecular formula is C15H19BrN2O. The standard InChI is InChI=1S/C15H19BrN2O/c16-13-6-7-15(12(10-13)11-17)18-8-9-19-14-4-2-1-3-5-14/h6-7,10,14,18H,1-5,8-9H2. The van der Waals surface area contributed by atoms with Crippen LogP contribution in [0.4, 0.5) is 5.69 Å². The second-order valence-electron chi connectivity index (χ2n) is 4.86. The summed E-state index contributed by atoms with van der Waals surface area (Å²) in [6.45, 7) is 1.44. The first-order valence-corrected chi connectivity index (χ1v) is 7.64. The molecule has 0 spiro atoms. The van der Waals surface area contributed by atoms with Crippen LogP contribution in [-0.4, -0.2) is 19.3 Å². The molecule has 0 saturated heterocycles. The first-order chi connectivity index (χ1) is 9.29. The van der Waals surface area contributed by atoms with E-state index in [9.17, 15) is 0 Å². The first kappa shape index (κ1) is 14.4. The summed E-state index contributed by atoms with van der Waals surface area (Å²) in [7, 11) is 0. The van der Waals surface area contributed by atoms with E-state index in [0.29, 0.717) is 18.3 Å². The van der Waals surface area contributed by atoms with Crippen LogP contribution in [-0.2, 0) is 4.74 Å². The fourth-order valence-corrected chi connectivity index (χ4v) is 2.77. The lowest BCUT2D eigenvalue weighted by Gasteiger charge is -2.22. The monoisotopic (exact) mass is 322 g/mol. The molecule has 1 aliphatic rings. The summed E-state index contributed by atoms with van der Waals surface area (Å²) in [5, 5.41) is 12.3. The lowest BCUT2D eigenvalue weighted by atomic mass is 9.98. The zero-order chi connectivity index (χ0) is 13.5. The van der Waals surface area contributed by atoms with Gasteiger partial charge in [-0.25, -0.2) is 0 Å². The Labute approximate surface area is 123 Å². The highest BCUT2D eigenvalue weighted by molar-refractivity contribution is 9.10. The second kappa shape index (κ2) is 7.52. The number of anilines is 1. The molecular weight excluding hydrogens is 304 g/mol. The minimum absolute atomic E-state index is 0.441. The van der Waals surface area contributed by atoms with Crippen molar-refractivity contribution in [2.24, 2.45) is 0 Å². The average Bonchev–Trinajstić information content (AvgIpc) is 2.46. The summed E-state index contributed by atoms with van der Waals surface area (Å²) >= 11 is 3.37. The van der Waals surface area contributed by atoms with Gasteiger partial charge in [0.25, 0.3) is 0 Å². The smallest absolute Gasteiger partial charge is 0.101 e. The van der Waals surface area contributed by atoms with Gasteiger partial charge in [0.05, 0.1) is 24.0 Å². The number of ether oxygens (including phenoxy) is 1. The molecule has 0 amide bonds. The summed E-state index contributed by atoms with van der Waals surface area (Å²) in [6.07, 6.45) is 6.77. The Kier molecular flexibility index (Phi) is 5.68. The fraction of sp³-hybridized carbons (Fsp3) is 0.533. The topological polar surface area (TPSA) is 45.0 Å². The lowest BCUT2D eigenvalue weighted by molar-refractivity contribution is 0.0347. The maximum absolute atomic E-state index is 9.06. The van der Waals surface area contributed by atoms with E-state index in [1.807, 2.05) is 18.2 Å². The molecule has 1 aliphatic carbocycles. The maximum Gasteiger partial charge on any atom is 0.101 e. The molecule has 4 heteroatoms. The molecule has 0 bridgehead atoms. The quantitative estimate of drug-likeness (QED) is 0.831. The van der Waals surface area contributed by atoms with Crippen molar-refractivity contribution in [3.8, 4) is 6.07 Å². The van der Waals surface area contributed by atoms with Gasteiger partial charge in [0.1, 0.15) is 6.07 Å². The van der Waals surface area contributed by atoms with E-state index in [2.05, 4.69) is 27.3 Å². The van der Waals surface area contributed by atoms with Gasteiger partial charge < -0.3 is 10.1 Å². The van der Waals surface area contributed by atoms with Crippen molar-refractivity contribution in [2.45, 2.75) is 38.2 Å². The lowest BCUT2D eigenvalue weighted by Crippen LogP contribution is -2.20. The summed E-state index contributed by atoms with van der Waals surface area (Å²) in [5.41, 5.74) is 1.53. The van der Waals surface area contributed by atoms with Gasteiger partial charge >= 0.3 is 0 Å². The Morgan fingerprint density at radius 2 is 2.11 bits per heavy atom. The van der Waals surface area contributed by atoms with Crippen molar-refractivity contribution in [1.29, 1.82) is 5.26 Å². The van der Waals surface area contributed by atoms with Crippen LogP contribution in [0.15, 0.2) is 22.7 Å². The molecule has 1 N–H and O–H groups in total. The van der Waals surface area contributed by atoms with Crippen molar-refractivity contribution in [2.75, 3.05) is 18.5 Å². The normalized spacial score (nSPS) is 16.0. The number of nitriles is 1. The molecule has 2 rings (SSSR count). The van der Waals surface area contributed by atoms with E-state index < -0.39 is 0 Å². The Hall–Kier alpha value is -1.05. The van der Waals surface area contributed by atoms with Gasteiger partial charge in [0, 0.05) is 11.0 Å². The van der Waals surface area contributed by atoms with Crippen LogP contribution < -0.4 is 5.32 Å². The summed E-state index contributed by atoms with van der Waals surface area (Å²) in [4.78, 5) is 0. The van der Waals surface area contributed by atoms with Crippen LogP contribution in [0.1, 0.15) is 37.7 Å². The molecule has 0 unspecified atom stereocenters. The highest BCUT2D eigenvalue weighted by Gasteiger charge is 2.13. The summed E-state index contributed by atoms with van der Waals surface area (Å²) in [6, 6.07) is 7.87. The van der Waals surface area contributed by atoms with E-state index in [4.69, 9.17) is 10.00 Å². The number of nitrogens with zero attached hydrogens (tertiary/aromatic N) is 1. The van der Waals surface area contributed by atoms with Gasteiger partial charge in [0.15, 0.2) is 0 Å². The molecule has 0 aromatic heterocycles. The highest BCUT2D eigenvalue weighted by atomic mass is 79.9. The number of halogens is 1. The van der Waals surface area contributed by atoms with Gasteiger partial charge in [-0.05, 0) is 31.0 Å². The van der Waals surface area contributed by atoms with E-state index in [1.54, 1.807) is 0 Å². The third-order valence-electron chi connectivity index (χ3n) is 3.43. The van der Waals surface area contributed by atoms with Gasteiger partial charge in [-0.1, -0.05) is 35.2 Å².